The summed E-state index contributed by atoms with van der Waals surface area (Å²) in [4.78, 5) is 16.3. The van der Waals surface area contributed by atoms with Crippen LogP contribution in [0.3, 0.4) is 0 Å². The maximum atomic E-state index is 12.2. The third-order valence-electron chi connectivity index (χ3n) is 2.58. The topological polar surface area (TPSA) is 59.3 Å². The zero-order valence-electron chi connectivity index (χ0n) is 9.71. The second-order valence-electron chi connectivity index (χ2n) is 3.82. The average molecular weight is 293 g/mol. The molecule has 1 amide bonds. The van der Waals surface area contributed by atoms with Crippen LogP contribution in [0.15, 0.2) is 36.0 Å². The molecule has 3 heterocycles. The summed E-state index contributed by atoms with van der Waals surface area (Å²) in [5.41, 5.74) is 2.03. The van der Waals surface area contributed by atoms with Gasteiger partial charge in [-0.1, -0.05) is 6.07 Å². The summed E-state index contributed by atoms with van der Waals surface area (Å²) < 4.78 is 1.65. The highest BCUT2D eigenvalue weighted by molar-refractivity contribution is 7.14. The van der Waals surface area contributed by atoms with Crippen molar-refractivity contribution in [2.24, 2.45) is 0 Å². The molecule has 0 aliphatic rings. The molecule has 0 unspecified atom stereocenters. The lowest BCUT2D eigenvalue weighted by Gasteiger charge is -1.99. The number of carbonyl (C=O) groups excluding carboxylic acids is 1. The molecule has 0 bridgehead atoms. The molecule has 0 aliphatic carbocycles. The van der Waals surface area contributed by atoms with E-state index in [2.05, 4.69) is 15.4 Å². The van der Waals surface area contributed by atoms with Crippen LogP contribution in [0, 0.1) is 0 Å². The first kappa shape index (κ1) is 12.1. The molecule has 0 saturated carbocycles. The lowest BCUT2D eigenvalue weighted by molar-refractivity contribution is 0.102. The van der Waals surface area contributed by atoms with Gasteiger partial charge in [0.2, 0.25) is 0 Å². The Labute approximate surface area is 117 Å². The van der Waals surface area contributed by atoms with E-state index in [1.54, 1.807) is 16.9 Å². The van der Waals surface area contributed by atoms with Gasteiger partial charge in [0.1, 0.15) is 0 Å². The van der Waals surface area contributed by atoms with Crippen LogP contribution in [-0.4, -0.2) is 20.5 Å². The Morgan fingerprint density at radius 2 is 2.37 bits per heavy atom. The molecule has 1 N–H and O–H groups in total. The predicted octanol–water partition coefficient (Wildman–Crippen LogP) is 2.78. The Morgan fingerprint density at radius 3 is 3.16 bits per heavy atom. The van der Waals surface area contributed by atoms with Crippen LogP contribution in [0.1, 0.15) is 16.1 Å². The fourth-order valence-electron chi connectivity index (χ4n) is 1.70. The van der Waals surface area contributed by atoms with Crippen LogP contribution in [0.5, 0.6) is 0 Å². The van der Waals surface area contributed by atoms with Crippen LogP contribution in [0.25, 0.3) is 5.52 Å². The number of fused-ring (bicyclic) bond motifs is 1. The number of rotatable bonds is 3. The number of aromatic nitrogens is 3. The lowest BCUT2D eigenvalue weighted by Crippen LogP contribution is -2.11. The Kier molecular flexibility index (Phi) is 3.18. The maximum absolute atomic E-state index is 12.2. The molecular weight excluding hydrogens is 284 g/mol. The molecule has 0 spiro atoms. The summed E-state index contributed by atoms with van der Waals surface area (Å²) in [6.45, 7) is 0. The van der Waals surface area contributed by atoms with Crippen LogP contribution < -0.4 is 5.32 Å². The van der Waals surface area contributed by atoms with E-state index in [0.29, 0.717) is 16.6 Å². The van der Waals surface area contributed by atoms with Gasteiger partial charge in [-0.3, -0.25) is 10.1 Å². The van der Waals surface area contributed by atoms with E-state index < -0.39 is 0 Å². The molecule has 0 fully saturated rings. The quantitative estimate of drug-likeness (QED) is 0.755. The third kappa shape index (κ3) is 2.32. The Balaban J connectivity index is 1.87. The molecule has 5 nitrogen and oxygen atoms in total. The van der Waals surface area contributed by atoms with Gasteiger partial charge in [0, 0.05) is 11.6 Å². The number of halogens is 1. The fraction of sp³-hybridized carbons (Fsp3) is 0.0833. The highest BCUT2D eigenvalue weighted by Gasteiger charge is 2.13. The molecule has 96 valence electrons. The standard InChI is InChI=1S/C12H9ClN4OS/c13-5-8-7-19-12(15-8)16-11(18)9-6-14-17-4-2-1-3-10(9)17/h1-4,6-7H,5H2,(H,15,16,18). The molecule has 3 aromatic rings. The summed E-state index contributed by atoms with van der Waals surface area (Å²) >= 11 is 7.02. The van der Waals surface area contributed by atoms with Gasteiger partial charge in [-0.2, -0.15) is 5.10 Å². The Morgan fingerprint density at radius 1 is 1.47 bits per heavy atom. The zero-order chi connectivity index (χ0) is 13.2. The smallest absolute Gasteiger partial charge is 0.261 e. The second-order valence-corrected chi connectivity index (χ2v) is 4.95. The number of alkyl halides is 1. The number of nitrogens with one attached hydrogen (secondary N) is 1. The normalized spacial score (nSPS) is 10.8. The van der Waals surface area contributed by atoms with Gasteiger partial charge < -0.3 is 0 Å². The number of pyridine rings is 1. The van der Waals surface area contributed by atoms with E-state index in [9.17, 15) is 4.79 Å². The van der Waals surface area contributed by atoms with Crippen LogP contribution in [0.4, 0.5) is 5.13 Å². The maximum Gasteiger partial charge on any atom is 0.261 e. The van der Waals surface area contributed by atoms with E-state index >= 15 is 0 Å². The molecule has 0 saturated heterocycles. The van der Waals surface area contributed by atoms with Crippen molar-refractivity contribution in [3.05, 3.63) is 47.2 Å². The van der Waals surface area contributed by atoms with E-state index in [-0.39, 0.29) is 5.91 Å². The third-order valence-corrected chi connectivity index (χ3v) is 3.66. The fourth-order valence-corrected chi connectivity index (χ4v) is 2.63. The van der Waals surface area contributed by atoms with Crippen molar-refractivity contribution >= 4 is 39.5 Å². The number of hydrogen-bond donors (Lipinski definition) is 1. The highest BCUT2D eigenvalue weighted by atomic mass is 35.5. The summed E-state index contributed by atoms with van der Waals surface area (Å²) in [7, 11) is 0. The summed E-state index contributed by atoms with van der Waals surface area (Å²) in [6.07, 6.45) is 3.34. The minimum atomic E-state index is -0.225. The summed E-state index contributed by atoms with van der Waals surface area (Å²) in [5, 5.41) is 9.22. The molecule has 0 aromatic carbocycles. The average Bonchev–Trinajstić information content (AvgIpc) is 3.04. The first-order valence-electron chi connectivity index (χ1n) is 5.52. The number of thiazole rings is 1. The molecular formula is C12H9ClN4OS. The van der Waals surface area contributed by atoms with E-state index in [0.717, 1.165) is 11.2 Å². The first-order valence-corrected chi connectivity index (χ1v) is 6.93. The van der Waals surface area contributed by atoms with Crippen molar-refractivity contribution in [2.75, 3.05) is 5.32 Å². The lowest BCUT2D eigenvalue weighted by atomic mass is 10.2. The monoisotopic (exact) mass is 292 g/mol. The van der Waals surface area contributed by atoms with Crippen molar-refractivity contribution in [3.8, 4) is 0 Å². The SMILES string of the molecule is O=C(Nc1nc(CCl)cs1)c1cnn2ccccc12. The Bertz CT molecular complexity index is 736. The van der Waals surface area contributed by atoms with Crippen LogP contribution in [0.2, 0.25) is 0 Å². The number of anilines is 1. The van der Waals surface area contributed by atoms with Crippen molar-refractivity contribution < 1.29 is 4.79 Å². The zero-order valence-corrected chi connectivity index (χ0v) is 11.3. The minimum absolute atomic E-state index is 0.225. The van der Waals surface area contributed by atoms with Crippen molar-refractivity contribution in [1.29, 1.82) is 0 Å². The Hall–Kier alpha value is -1.92. The van der Waals surface area contributed by atoms with Gasteiger partial charge >= 0.3 is 0 Å². The highest BCUT2D eigenvalue weighted by Crippen LogP contribution is 2.18. The van der Waals surface area contributed by atoms with Crippen molar-refractivity contribution in [2.45, 2.75) is 5.88 Å². The van der Waals surface area contributed by atoms with E-state index in [1.807, 2.05) is 23.6 Å². The predicted molar refractivity (Wildman–Crippen MR) is 74.8 cm³/mol. The molecule has 3 rings (SSSR count). The van der Waals surface area contributed by atoms with Crippen molar-refractivity contribution in [1.82, 2.24) is 14.6 Å². The van der Waals surface area contributed by atoms with Gasteiger partial charge in [0.25, 0.3) is 5.91 Å². The number of carbonyl (C=O) groups is 1. The molecule has 0 aliphatic heterocycles. The van der Waals surface area contributed by atoms with Crippen LogP contribution >= 0.6 is 22.9 Å². The van der Waals surface area contributed by atoms with Crippen LogP contribution in [-0.2, 0) is 5.88 Å². The summed E-state index contributed by atoms with van der Waals surface area (Å²) in [6, 6.07) is 5.56. The largest absolute Gasteiger partial charge is 0.298 e. The van der Waals surface area contributed by atoms with Gasteiger partial charge in [0.05, 0.1) is 28.9 Å². The minimum Gasteiger partial charge on any atom is -0.298 e. The first-order chi connectivity index (χ1) is 9.28. The van der Waals surface area contributed by atoms with E-state index in [1.165, 1.54) is 11.3 Å². The van der Waals surface area contributed by atoms with E-state index in [4.69, 9.17) is 11.6 Å². The molecule has 19 heavy (non-hydrogen) atoms. The number of nitrogens with zero attached hydrogens (tertiary/aromatic N) is 3. The van der Waals surface area contributed by atoms with Crippen molar-refractivity contribution in [3.63, 3.8) is 0 Å². The molecule has 3 aromatic heterocycles. The van der Waals surface area contributed by atoms with Gasteiger partial charge in [-0.15, -0.1) is 22.9 Å². The van der Waals surface area contributed by atoms with Gasteiger partial charge in [-0.25, -0.2) is 9.50 Å². The molecule has 7 heteroatoms. The molecule has 0 radical (unpaired) electrons. The summed E-state index contributed by atoms with van der Waals surface area (Å²) in [5.74, 6) is 0.111. The number of amides is 1. The van der Waals surface area contributed by atoms with Gasteiger partial charge in [-0.05, 0) is 12.1 Å². The van der Waals surface area contributed by atoms with Gasteiger partial charge in [0.15, 0.2) is 5.13 Å². The number of hydrogen-bond acceptors (Lipinski definition) is 4. The molecule has 0 atom stereocenters. The second kappa shape index (κ2) is 4.99.